The van der Waals surface area contributed by atoms with Gasteiger partial charge in [0.1, 0.15) is 12.4 Å². The van der Waals surface area contributed by atoms with Crippen LogP contribution in [0.4, 0.5) is 22.0 Å². The van der Waals surface area contributed by atoms with Gasteiger partial charge in [-0.1, -0.05) is 42.5 Å². The van der Waals surface area contributed by atoms with Gasteiger partial charge < -0.3 is 20.1 Å². The molecule has 0 unspecified atom stereocenters. The Morgan fingerprint density at radius 2 is 1.58 bits per heavy atom. The molecule has 2 aromatic carbocycles. The fourth-order valence-corrected chi connectivity index (χ4v) is 2.48. The number of alkyl halides is 5. The highest BCUT2D eigenvalue weighted by Gasteiger charge is 2.27. The van der Waals surface area contributed by atoms with Crippen LogP contribution in [0.1, 0.15) is 16.7 Å². The topological polar surface area (TPSA) is 54.9 Å². The summed E-state index contributed by atoms with van der Waals surface area (Å²) in [5.41, 5.74) is 2.05. The summed E-state index contributed by atoms with van der Waals surface area (Å²) in [6, 6.07) is 13.3. The molecule has 0 fully saturated rings. The van der Waals surface area contributed by atoms with Gasteiger partial charge in [0, 0.05) is 25.7 Å². The van der Waals surface area contributed by atoms with E-state index in [0.717, 1.165) is 5.56 Å². The summed E-state index contributed by atoms with van der Waals surface area (Å²) in [4.78, 5) is 4.07. The van der Waals surface area contributed by atoms with E-state index in [1.807, 2.05) is 0 Å². The molecule has 5 nitrogen and oxygen atoms in total. The SMILES string of the molecule is CN=C(NCc1ccc(COCC(F)(F)F)cc1)NCc1ccccc1OC(F)F.I. The van der Waals surface area contributed by atoms with Crippen LogP contribution in [-0.4, -0.2) is 32.4 Å². The first kappa shape index (κ1) is 26.9. The molecule has 2 aromatic rings. The molecule has 0 amide bonds. The predicted molar refractivity (Wildman–Crippen MR) is 118 cm³/mol. The summed E-state index contributed by atoms with van der Waals surface area (Å²) >= 11 is 0. The Labute approximate surface area is 194 Å². The van der Waals surface area contributed by atoms with E-state index in [9.17, 15) is 22.0 Å². The lowest BCUT2D eigenvalue weighted by Gasteiger charge is -2.14. The van der Waals surface area contributed by atoms with E-state index in [2.05, 4.69) is 25.1 Å². The first-order chi connectivity index (χ1) is 14.3. The molecule has 0 radical (unpaired) electrons. The predicted octanol–water partition coefficient (Wildman–Crippen LogP) is 4.85. The molecule has 0 heterocycles. The van der Waals surface area contributed by atoms with Gasteiger partial charge in [-0.05, 0) is 17.2 Å². The van der Waals surface area contributed by atoms with Crippen molar-refractivity contribution in [2.45, 2.75) is 32.5 Å². The van der Waals surface area contributed by atoms with Crippen molar-refractivity contribution in [1.82, 2.24) is 10.6 Å². The number of para-hydroxylation sites is 1. The van der Waals surface area contributed by atoms with Crippen molar-refractivity contribution in [3.8, 4) is 5.75 Å². The van der Waals surface area contributed by atoms with Gasteiger partial charge in [-0.2, -0.15) is 22.0 Å². The maximum absolute atomic E-state index is 12.5. The molecule has 0 aliphatic carbocycles. The summed E-state index contributed by atoms with van der Waals surface area (Å²) < 4.78 is 70.4. The third-order valence-electron chi connectivity index (χ3n) is 3.88. The quantitative estimate of drug-likeness (QED) is 0.200. The zero-order valence-electron chi connectivity index (χ0n) is 16.6. The number of nitrogens with zero attached hydrogens (tertiary/aromatic N) is 1. The van der Waals surface area contributed by atoms with Crippen LogP contribution < -0.4 is 15.4 Å². The standard InChI is InChI=1S/C20H22F5N3O2.HI/c1-26-19(28-11-16-4-2-3-5-17(16)30-18(21)22)27-10-14-6-8-15(9-7-14)12-29-13-20(23,24)25;/h2-9,18H,10-13H2,1H3,(H2,26,27,28);1H. The second kappa shape index (κ2) is 13.3. The molecule has 0 bridgehead atoms. The molecular formula is C20H23F5IN3O2. The zero-order chi connectivity index (χ0) is 22.0. The third-order valence-corrected chi connectivity index (χ3v) is 3.88. The van der Waals surface area contributed by atoms with Crippen LogP contribution in [0.25, 0.3) is 0 Å². The molecule has 2 rings (SSSR count). The highest BCUT2D eigenvalue weighted by molar-refractivity contribution is 14.0. The average Bonchev–Trinajstić information content (AvgIpc) is 2.69. The van der Waals surface area contributed by atoms with Crippen LogP contribution in [0.3, 0.4) is 0 Å². The van der Waals surface area contributed by atoms with Crippen LogP contribution in [0, 0.1) is 0 Å². The van der Waals surface area contributed by atoms with Crippen LogP contribution in [0.5, 0.6) is 5.75 Å². The van der Waals surface area contributed by atoms with Crippen LogP contribution in [-0.2, 0) is 24.4 Å². The Morgan fingerprint density at radius 1 is 0.968 bits per heavy atom. The first-order valence-electron chi connectivity index (χ1n) is 8.96. The molecule has 0 aromatic heterocycles. The minimum absolute atomic E-state index is 0. The van der Waals surface area contributed by atoms with E-state index in [-0.39, 0.29) is 42.9 Å². The smallest absolute Gasteiger partial charge is 0.411 e. The zero-order valence-corrected chi connectivity index (χ0v) is 18.9. The number of hydrogen-bond acceptors (Lipinski definition) is 3. The van der Waals surface area contributed by atoms with Crippen molar-refractivity contribution in [2.24, 2.45) is 4.99 Å². The second-order valence-corrected chi connectivity index (χ2v) is 6.19. The van der Waals surface area contributed by atoms with Crippen molar-refractivity contribution >= 4 is 29.9 Å². The third kappa shape index (κ3) is 10.6. The van der Waals surface area contributed by atoms with Crippen LogP contribution in [0.15, 0.2) is 53.5 Å². The van der Waals surface area contributed by atoms with E-state index in [1.165, 1.54) is 6.07 Å². The van der Waals surface area contributed by atoms with E-state index in [4.69, 9.17) is 0 Å². The summed E-state index contributed by atoms with van der Waals surface area (Å²) in [5.74, 6) is 0.526. The number of aliphatic imine (C=N–C) groups is 1. The molecule has 0 atom stereocenters. The molecule has 0 spiro atoms. The number of rotatable bonds is 9. The van der Waals surface area contributed by atoms with Gasteiger partial charge in [-0.15, -0.1) is 24.0 Å². The lowest BCUT2D eigenvalue weighted by molar-refractivity contribution is -0.176. The Balaban J connectivity index is 0.00000480. The Hall–Kier alpha value is -2.15. The van der Waals surface area contributed by atoms with Gasteiger partial charge in [-0.25, -0.2) is 0 Å². The highest BCUT2D eigenvalue weighted by atomic mass is 127. The number of guanidine groups is 1. The molecule has 0 saturated carbocycles. The molecule has 0 saturated heterocycles. The molecule has 31 heavy (non-hydrogen) atoms. The number of nitrogens with one attached hydrogen (secondary N) is 2. The molecule has 11 heteroatoms. The van der Waals surface area contributed by atoms with Gasteiger partial charge in [0.2, 0.25) is 0 Å². The number of ether oxygens (including phenoxy) is 2. The van der Waals surface area contributed by atoms with Gasteiger partial charge in [0.25, 0.3) is 0 Å². The minimum atomic E-state index is -4.35. The molecule has 172 valence electrons. The number of halogens is 6. The molecule has 2 N–H and O–H groups in total. The summed E-state index contributed by atoms with van der Waals surface area (Å²) in [7, 11) is 1.57. The largest absolute Gasteiger partial charge is 0.434 e. The van der Waals surface area contributed by atoms with E-state index in [1.54, 1.807) is 49.5 Å². The van der Waals surface area contributed by atoms with Crippen molar-refractivity contribution in [1.29, 1.82) is 0 Å². The van der Waals surface area contributed by atoms with Crippen molar-refractivity contribution in [2.75, 3.05) is 13.7 Å². The first-order valence-corrected chi connectivity index (χ1v) is 8.96. The lowest BCUT2D eigenvalue weighted by atomic mass is 10.1. The molecule has 0 aliphatic heterocycles. The van der Waals surface area contributed by atoms with Crippen LogP contribution in [0.2, 0.25) is 0 Å². The fraction of sp³-hybridized carbons (Fsp3) is 0.350. The number of benzene rings is 2. The summed E-state index contributed by atoms with van der Waals surface area (Å²) in [6.07, 6.45) is -4.35. The maximum atomic E-state index is 12.5. The summed E-state index contributed by atoms with van der Waals surface area (Å²) in [5, 5.41) is 6.08. The second-order valence-electron chi connectivity index (χ2n) is 6.19. The van der Waals surface area contributed by atoms with Gasteiger partial charge in [0.15, 0.2) is 5.96 Å². The Kier molecular flexibility index (Phi) is 11.5. The average molecular weight is 559 g/mol. The normalized spacial score (nSPS) is 11.8. The maximum Gasteiger partial charge on any atom is 0.411 e. The van der Waals surface area contributed by atoms with Crippen molar-refractivity contribution in [3.63, 3.8) is 0 Å². The number of hydrogen-bond donors (Lipinski definition) is 2. The van der Waals surface area contributed by atoms with E-state index in [0.29, 0.717) is 23.6 Å². The Bertz CT molecular complexity index is 817. The molecule has 0 aliphatic rings. The van der Waals surface area contributed by atoms with Gasteiger partial charge >= 0.3 is 12.8 Å². The minimum Gasteiger partial charge on any atom is -0.434 e. The van der Waals surface area contributed by atoms with Gasteiger partial charge in [-0.3, -0.25) is 4.99 Å². The van der Waals surface area contributed by atoms with Gasteiger partial charge in [0.05, 0.1) is 6.61 Å². The van der Waals surface area contributed by atoms with Crippen molar-refractivity contribution in [3.05, 3.63) is 65.2 Å². The summed E-state index contributed by atoms with van der Waals surface area (Å²) in [6.45, 7) is -3.71. The Morgan fingerprint density at radius 3 is 2.19 bits per heavy atom. The fourth-order valence-electron chi connectivity index (χ4n) is 2.48. The van der Waals surface area contributed by atoms with Crippen molar-refractivity contribution < 1.29 is 31.4 Å². The van der Waals surface area contributed by atoms with Crippen LogP contribution >= 0.6 is 24.0 Å². The monoisotopic (exact) mass is 559 g/mol. The van der Waals surface area contributed by atoms with E-state index >= 15 is 0 Å². The highest BCUT2D eigenvalue weighted by Crippen LogP contribution is 2.20. The lowest BCUT2D eigenvalue weighted by Crippen LogP contribution is -2.36. The molecular weight excluding hydrogens is 536 g/mol. The van der Waals surface area contributed by atoms with E-state index < -0.39 is 19.4 Å².